The highest BCUT2D eigenvalue weighted by Crippen LogP contribution is 2.64. The van der Waals surface area contributed by atoms with Gasteiger partial charge in [-0.3, -0.25) is 4.79 Å². The molecule has 0 radical (unpaired) electrons. The molecule has 3 aliphatic carbocycles. The lowest BCUT2D eigenvalue weighted by atomic mass is 9.71. The number of esters is 1. The van der Waals surface area contributed by atoms with Crippen molar-refractivity contribution in [3.8, 4) is 0 Å². The predicted octanol–water partition coefficient (Wildman–Crippen LogP) is 2.49. The van der Waals surface area contributed by atoms with Gasteiger partial charge in [-0.25, -0.2) is 0 Å². The number of rotatable bonds is 3. The molecule has 1 aliphatic heterocycles. The second kappa shape index (κ2) is 4.21. The Morgan fingerprint density at radius 2 is 1.63 bits per heavy atom. The number of epoxide rings is 1. The van der Waals surface area contributed by atoms with Gasteiger partial charge in [-0.05, 0) is 54.8 Å². The third kappa shape index (κ3) is 1.84. The van der Waals surface area contributed by atoms with Gasteiger partial charge in [0.1, 0.15) is 12.7 Å². The molecule has 19 heavy (non-hydrogen) atoms. The van der Waals surface area contributed by atoms with Gasteiger partial charge < -0.3 is 9.47 Å². The Morgan fingerprint density at radius 1 is 1.05 bits per heavy atom. The van der Waals surface area contributed by atoms with Crippen LogP contribution < -0.4 is 0 Å². The van der Waals surface area contributed by atoms with Crippen molar-refractivity contribution in [2.75, 3.05) is 13.2 Å². The second-order valence-corrected chi connectivity index (χ2v) is 7.36. The molecular formula is C16H24O3. The van der Waals surface area contributed by atoms with Crippen molar-refractivity contribution in [3.05, 3.63) is 0 Å². The molecule has 7 atom stereocenters. The maximum atomic E-state index is 12.1. The number of hydrogen-bond donors (Lipinski definition) is 0. The molecule has 4 aliphatic rings. The fraction of sp³-hybridized carbons (Fsp3) is 0.938. The normalized spacial score (nSPS) is 54.2. The molecule has 0 N–H and O–H groups in total. The lowest BCUT2D eigenvalue weighted by Crippen LogP contribution is -2.28. The minimum Gasteiger partial charge on any atom is -0.463 e. The highest BCUT2D eigenvalue weighted by molar-refractivity contribution is 5.73. The minimum absolute atomic E-state index is 0.0459. The molecule has 0 aromatic rings. The smallest absolute Gasteiger partial charge is 0.309 e. The first-order valence-corrected chi connectivity index (χ1v) is 7.93. The van der Waals surface area contributed by atoms with Crippen LogP contribution >= 0.6 is 0 Å². The van der Waals surface area contributed by atoms with Crippen LogP contribution in [0.4, 0.5) is 0 Å². The summed E-state index contributed by atoms with van der Waals surface area (Å²) in [4.78, 5) is 12.1. The summed E-state index contributed by atoms with van der Waals surface area (Å²) in [6.07, 6.45) is 3.80. The fourth-order valence-electron chi connectivity index (χ4n) is 5.39. The molecule has 4 rings (SSSR count). The van der Waals surface area contributed by atoms with Gasteiger partial charge >= 0.3 is 5.97 Å². The van der Waals surface area contributed by atoms with E-state index in [1.807, 2.05) is 0 Å². The van der Waals surface area contributed by atoms with Crippen molar-refractivity contribution in [2.45, 2.75) is 39.2 Å². The van der Waals surface area contributed by atoms with Crippen molar-refractivity contribution in [3.63, 3.8) is 0 Å². The van der Waals surface area contributed by atoms with Crippen LogP contribution in [0.25, 0.3) is 0 Å². The lowest BCUT2D eigenvalue weighted by Gasteiger charge is -2.34. The third-order valence-electron chi connectivity index (χ3n) is 6.63. The molecule has 0 spiro atoms. The number of fused-ring (bicyclic) bond motifs is 5. The second-order valence-electron chi connectivity index (χ2n) is 7.36. The first kappa shape index (κ1) is 12.2. The van der Waals surface area contributed by atoms with Crippen LogP contribution in [0.1, 0.15) is 33.1 Å². The monoisotopic (exact) mass is 264 g/mol. The van der Waals surface area contributed by atoms with Gasteiger partial charge in [0.25, 0.3) is 0 Å². The summed E-state index contributed by atoms with van der Waals surface area (Å²) in [5.74, 6) is 5.34. The molecule has 1 saturated heterocycles. The van der Waals surface area contributed by atoms with E-state index in [2.05, 4.69) is 13.8 Å². The first-order chi connectivity index (χ1) is 9.15. The predicted molar refractivity (Wildman–Crippen MR) is 70.3 cm³/mol. The zero-order chi connectivity index (χ0) is 13.1. The molecule has 7 unspecified atom stereocenters. The van der Waals surface area contributed by atoms with E-state index in [4.69, 9.17) is 9.47 Å². The topological polar surface area (TPSA) is 38.8 Å². The largest absolute Gasteiger partial charge is 0.463 e. The summed E-state index contributed by atoms with van der Waals surface area (Å²) in [5.41, 5.74) is 0. The van der Waals surface area contributed by atoms with Crippen LogP contribution in [0.3, 0.4) is 0 Å². The van der Waals surface area contributed by atoms with Gasteiger partial charge in [0, 0.05) is 0 Å². The maximum absolute atomic E-state index is 12.1. The molecule has 0 amide bonds. The Bertz CT molecular complexity index is 367. The van der Waals surface area contributed by atoms with Crippen molar-refractivity contribution >= 4 is 5.97 Å². The van der Waals surface area contributed by atoms with E-state index in [1.54, 1.807) is 0 Å². The van der Waals surface area contributed by atoms with E-state index in [0.717, 1.165) is 55.0 Å². The molecule has 1 heterocycles. The van der Waals surface area contributed by atoms with E-state index in [9.17, 15) is 4.79 Å². The summed E-state index contributed by atoms with van der Waals surface area (Å²) in [5, 5.41) is 0. The SMILES string of the molecule is CC1C(C)C2CC1C1CC(C(=O)OCC3CO3)CC21. The molecule has 3 nitrogen and oxygen atoms in total. The molecule has 4 fully saturated rings. The van der Waals surface area contributed by atoms with Gasteiger partial charge in [0.2, 0.25) is 0 Å². The summed E-state index contributed by atoms with van der Waals surface area (Å²) < 4.78 is 10.5. The number of hydrogen-bond acceptors (Lipinski definition) is 3. The van der Waals surface area contributed by atoms with Crippen LogP contribution in [-0.4, -0.2) is 25.3 Å². The summed E-state index contributed by atoms with van der Waals surface area (Å²) in [7, 11) is 0. The van der Waals surface area contributed by atoms with E-state index in [1.165, 1.54) is 6.42 Å². The molecule has 3 saturated carbocycles. The van der Waals surface area contributed by atoms with Gasteiger partial charge in [-0.1, -0.05) is 13.8 Å². The molecule has 2 bridgehead atoms. The Morgan fingerprint density at radius 3 is 2.16 bits per heavy atom. The van der Waals surface area contributed by atoms with Crippen molar-refractivity contribution < 1.29 is 14.3 Å². The average molecular weight is 264 g/mol. The van der Waals surface area contributed by atoms with Gasteiger partial charge in [-0.2, -0.15) is 0 Å². The standard InChI is InChI=1S/C16H24O3/c1-8-9(2)13-5-12(8)14-3-10(4-15(13)14)16(17)19-7-11-6-18-11/h8-15H,3-7H2,1-2H3. The number of carbonyl (C=O) groups is 1. The molecule has 0 aromatic carbocycles. The molecule has 0 aromatic heterocycles. The summed E-state index contributed by atoms with van der Waals surface area (Å²) >= 11 is 0. The van der Waals surface area contributed by atoms with Crippen molar-refractivity contribution in [1.82, 2.24) is 0 Å². The Labute approximate surface area is 115 Å². The Balaban J connectivity index is 1.39. The fourth-order valence-corrected chi connectivity index (χ4v) is 5.39. The average Bonchev–Trinajstić information content (AvgIpc) is 2.90. The van der Waals surface area contributed by atoms with E-state index >= 15 is 0 Å². The molecule has 106 valence electrons. The van der Waals surface area contributed by atoms with Crippen molar-refractivity contribution in [2.24, 2.45) is 41.4 Å². The highest BCUT2D eigenvalue weighted by atomic mass is 16.6. The lowest BCUT2D eigenvalue weighted by molar-refractivity contribution is -0.149. The number of carbonyl (C=O) groups excluding carboxylic acids is 1. The summed E-state index contributed by atoms with van der Waals surface area (Å²) in [6, 6.07) is 0. The van der Waals surface area contributed by atoms with Crippen LogP contribution in [-0.2, 0) is 14.3 Å². The Hall–Kier alpha value is -0.570. The zero-order valence-electron chi connectivity index (χ0n) is 11.9. The van der Waals surface area contributed by atoms with Crippen LogP contribution in [0, 0.1) is 41.4 Å². The highest BCUT2D eigenvalue weighted by Gasteiger charge is 2.58. The number of ether oxygens (including phenoxy) is 2. The van der Waals surface area contributed by atoms with E-state index in [-0.39, 0.29) is 18.0 Å². The van der Waals surface area contributed by atoms with E-state index in [0.29, 0.717) is 6.61 Å². The minimum atomic E-state index is 0.0459. The van der Waals surface area contributed by atoms with E-state index < -0.39 is 0 Å². The van der Waals surface area contributed by atoms with Crippen LogP contribution in [0.5, 0.6) is 0 Å². The molecular weight excluding hydrogens is 240 g/mol. The third-order valence-corrected chi connectivity index (χ3v) is 6.63. The van der Waals surface area contributed by atoms with Gasteiger partial charge in [0.15, 0.2) is 0 Å². The van der Waals surface area contributed by atoms with Crippen LogP contribution in [0.15, 0.2) is 0 Å². The first-order valence-electron chi connectivity index (χ1n) is 7.93. The van der Waals surface area contributed by atoms with Crippen LogP contribution in [0.2, 0.25) is 0 Å². The Kier molecular flexibility index (Phi) is 2.70. The maximum Gasteiger partial charge on any atom is 0.309 e. The zero-order valence-corrected chi connectivity index (χ0v) is 11.9. The summed E-state index contributed by atoms with van der Waals surface area (Å²) in [6.45, 7) is 6.08. The van der Waals surface area contributed by atoms with Gasteiger partial charge in [0.05, 0.1) is 12.5 Å². The quantitative estimate of drug-likeness (QED) is 0.580. The van der Waals surface area contributed by atoms with Crippen molar-refractivity contribution in [1.29, 1.82) is 0 Å². The molecule has 3 heteroatoms. The van der Waals surface area contributed by atoms with Gasteiger partial charge in [-0.15, -0.1) is 0 Å².